The van der Waals surface area contributed by atoms with Crippen LogP contribution in [0, 0.1) is 6.92 Å². The Morgan fingerprint density at radius 2 is 2.50 bits per heavy atom. The summed E-state index contributed by atoms with van der Waals surface area (Å²) in [6, 6.07) is 0. The van der Waals surface area contributed by atoms with Gasteiger partial charge < -0.3 is 10.4 Å². The highest BCUT2D eigenvalue weighted by molar-refractivity contribution is 7.09. The summed E-state index contributed by atoms with van der Waals surface area (Å²) in [6.45, 7) is 5.12. The number of hydrogen-bond acceptors (Lipinski definition) is 4. The lowest BCUT2D eigenvalue weighted by molar-refractivity contribution is 0.191. The molecule has 0 amide bonds. The van der Waals surface area contributed by atoms with Crippen molar-refractivity contribution in [3.05, 3.63) is 16.1 Å². The molecule has 12 heavy (non-hydrogen) atoms. The molecule has 68 valence electrons. The van der Waals surface area contributed by atoms with Crippen LogP contribution in [0.1, 0.15) is 17.6 Å². The molecule has 1 aromatic heterocycles. The zero-order valence-corrected chi connectivity index (χ0v) is 8.19. The van der Waals surface area contributed by atoms with Gasteiger partial charge in [0.05, 0.1) is 16.8 Å². The molecule has 1 heterocycles. The van der Waals surface area contributed by atoms with Crippen LogP contribution in [0.3, 0.4) is 0 Å². The fourth-order valence-corrected chi connectivity index (χ4v) is 1.51. The standard InChI is InChI=1S/C8H14N2OS/c1-6(11)3-9-4-8-5-12-7(2)10-8/h5-6,9,11H,3-4H2,1-2H3/t6-/m0/s1. The lowest BCUT2D eigenvalue weighted by Crippen LogP contribution is -2.23. The molecule has 0 saturated carbocycles. The number of aliphatic hydroxyl groups is 1. The number of nitrogens with zero attached hydrogens (tertiary/aromatic N) is 1. The number of thiazole rings is 1. The Kier molecular flexibility index (Phi) is 3.65. The van der Waals surface area contributed by atoms with E-state index in [-0.39, 0.29) is 6.10 Å². The lowest BCUT2D eigenvalue weighted by Gasteiger charge is -2.03. The molecule has 0 aromatic carbocycles. The SMILES string of the molecule is Cc1nc(CNC[C@H](C)O)cs1. The van der Waals surface area contributed by atoms with Gasteiger partial charge in [0.2, 0.25) is 0 Å². The van der Waals surface area contributed by atoms with Gasteiger partial charge in [-0.3, -0.25) is 0 Å². The monoisotopic (exact) mass is 186 g/mol. The molecule has 1 rings (SSSR count). The number of nitrogens with one attached hydrogen (secondary N) is 1. The van der Waals surface area contributed by atoms with Crippen molar-refractivity contribution in [2.24, 2.45) is 0 Å². The van der Waals surface area contributed by atoms with Crippen molar-refractivity contribution in [2.75, 3.05) is 6.54 Å². The molecule has 0 aliphatic heterocycles. The Labute approximate surface area is 76.5 Å². The number of aliphatic hydroxyl groups excluding tert-OH is 1. The summed E-state index contributed by atoms with van der Waals surface area (Å²) < 4.78 is 0. The van der Waals surface area contributed by atoms with Crippen molar-refractivity contribution < 1.29 is 5.11 Å². The third-order valence-corrected chi connectivity index (χ3v) is 2.23. The van der Waals surface area contributed by atoms with E-state index in [1.807, 2.05) is 12.3 Å². The maximum absolute atomic E-state index is 8.96. The van der Waals surface area contributed by atoms with Crippen molar-refractivity contribution in [1.82, 2.24) is 10.3 Å². The van der Waals surface area contributed by atoms with E-state index in [0.717, 1.165) is 17.2 Å². The molecule has 2 N–H and O–H groups in total. The summed E-state index contributed by atoms with van der Waals surface area (Å²) in [5.74, 6) is 0. The van der Waals surface area contributed by atoms with Crippen LogP contribution < -0.4 is 5.32 Å². The first-order valence-corrected chi connectivity index (χ1v) is 4.86. The molecule has 0 radical (unpaired) electrons. The van der Waals surface area contributed by atoms with Crippen LogP contribution in [-0.4, -0.2) is 22.7 Å². The summed E-state index contributed by atoms with van der Waals surface area (Å²) in [6.07, 6.45) is -0.287. The van der Waals surface area contributed by atoms with E-state index < -0.39 is 0 Å². The highest BCUT2D eigenvalue weighted by Gasteiger charge is 1.98. The minimum absolute atomic E-state index is 0.287. The second-order valence-electron chi connectivity index (χ2n) is 2.84. The number of rotatable bonds is 4. The summed E-state index contributed by atoms with van der Waals surface area (Å²) in [5.41, 5.74) is 1.05. The van der Waals surface area contributed by atoms with Gasteiger partial charge in [-0.15, -0.1) is 11.3 Å². The van der Waals surface area contributed by atoms with Gasteiger partial charge >= 0.3 is 0 Å². The summed E-state index contributed by atoms with van der Waals surface area (Å²) in [7, 11) is 0. The van der Waals surface area contributed by atoms with E-state index in [1.165, 1.54) is 0 Å². The Morgan fingerprint density at radius 3 is 3.00 bits per heavy atom. The largest absolute Gasteiger partial charge is 0.392 e. The Balaban J connectivity index is 2.24. The van der Waals surface area contributed by atoms with E-state index in [0.29, 0.717) is 6.54 Å². The molecule has 0 aliphatic rings. The normalized spacial score (nSPS) is 13.2. The van der Waals surface area contributed by atoms with Gasteiger partial charge in [-0.05, 0) is 13.8 Å². The summed E-state index contributed by atoms with van der Waals surface area (Å²) in [4.78, 5) is 4.28. The smallest absolute Gasteiger partial charge is 0.0897 e. The minimum Gasteiger partial charge on any atom is -0.392 e. The van der Waals surface area contributed by atoms with E-state index in [4.69, 9.17) is 5.11 Å². The van der Waals surface area contributed by atoms with Crippen LogP contribution in [-0.2, 0) is 6.54 Å². The van der Waals surface area contributed by atoms with Gasteiger partial charge in [0.1, 0.15) is 0 Å². The molecular weight excluding hydrogens is 172 g/mol. The van der Waals surface area contributed by atoms with Gasteiger partial charge in [0.15, 0.2) is 0 Å². The maximum Gasteiger partial charge on any atom is 0.0897 e. The second-order valence-corrected chi connectivity index (χ2v) is 3.90. The maximum atomic E-state index is 8.96. The van der Waals surface area contributed by atoms with E-state index >= 15 is 0 Å². The molecule has 3 nitrogen and oxygen atoms in total. The second kappa shape index (κ2) is 4.54. The third-order valence-electron chi connectivity index (χ3n) is 1.41. The van der Waals surface area contributed by atoms with E-state index in [2.05, 4.69) is 10.3 Å². The average Bonchev–Trinajstić information content (AvgIpc) is 2.35. The predicted molar refractivity (Wildman–Crippen MR) is 50.2 cm³/mol. The van der Waals surface area contributed by atoms with Gasteiger partial charge in [-0.2, -0.15) is 0 Å². The quantitative estimate of drug-likeness (QED) is 0.735. The van der Waals surface area contributed by atoms with Crippen LogP contribution >= 0.6 is 11.3 Å². The fraction of sp³-hybridized carbons (Fsp3) is 0.625. The van der Waals surface area contributed by atoms with Gasteiger partial charge in [0, 0.05) is 18.5 Å². The molecule has 0 unspecified atom stereocenters. The first kappa shape index (κ1) is 9.64. The van der Waals surface area contributed by atoms with Gasteiger partial charge in [0.25, 0.3) is 0 Å². The first-order chi connectivity index (χ1) is 5.68. The molecule has 0 bridgehead atoms. The molecule has 0 spiro atoms. The van der Waals surface area contributed by atoms with Crippen molar-refractivity contribution in [1.29, 1.82) is 0 Å². The topological polar surface area (TPSA) is 45.2 Å². The van der Waals surface area contributed by atoms with Gasteiger partial charge in [-0.1, -0.05) is 0 Å². The predicted octanol–water partition coefficient (Wildman–Crippen LogP) is 0.922. The number of hydrogen-bond donors (Lipinski definition) is 2. The third kappa shape index (κ3) is 3.30. The Morgan fingerprint density at radius 1 is 1.75 bits per heavy atom. The number of aromatic nitrogens is 1. The molecule has 0 aliphatic carbocycles. The van der Waals surface area contributed by atoms with Crippen LogP contribution in [0.4, 0.5) is 0 Å². The van der Waals surface area contributed by atoms with E-state index in [1.54, 1.807) is 18.3 Å². The van der Waals surface area contributed by atoms with Crippen LogP contribution in [0.5, 0.6) is 0 Å². The Bertz CT molecular complexity index is 235. The van der Waals surface area contributed by atoms with Crippen LogP contribution in [0.15, 0.2) is 5.38 Å². The molecule has 1 aromatic rings. The zero-order chi connectivity index (χ0) is 8.97. The van der Waals surface area contributed by atoms with Crippen LogP contribution in [0.25, 0.3) is 0 Å². The number of aryl methyl sites for hydroxylation is 1. The molecule has 0 saturated heterocycles. The van der Waals surface area contributed by atoms with Crippen LogP contribution in [0.2, 0.25) is 0 Å². The fourth-order valence-electron chi connectivity index (χ4n) is 0.899. The average molecular weight is 186 g/mol. The molecule has 1 atom stereocenters. The highest BCUT2D eigenvalue weighted by Crippen LogP contribution is 2.06. The lowest BCUT2D eigenvalue weighted by atomic mass is 10.4. The minimum atomic E-state index is -0.287. The van der Waals surface area contributed by atoms with Crippen molar-refractivity contribution in [3.8, 4) is 0 Å². The molecule has 0 fully saturated rings. The molecule has 4 heteroatoms. The van der Waals surface area contributed by atoms with E-state index in [9.17, 15) is 0 Å². The first-order valence-electron chi connectivity index (χ1n) is 3.98. The highest BCUT2D eigenvalue weighted by atomic mass is 32.1. The van der Waals surface area contributed by atoms with Crippen molar-refractivity contribution in [2.45, 2.75) is 26.5 Å². The Hall–Kier alpha value is -0.450. The van der Waals surface area contributed by atoms with Crippen molar-refractivity contribution in [3.63, 3.8) is 0 Å². The summed E-state index contributed by atoms with van der Waals surface area (Å²) in [5, 5.41) is 15.2. The molecular formula is C8H14N2OS. The summed E-state index contributed by atoms with van der Waals surface area (Å²) >= 11 is 1.65. The van der Waals surface area contributed by atoms with Crippen molar-refractivity contribution >= 4 is 11.3 Å². The zero-order valence-electron chi connectivity index (χ0n) is 7.37. The van der Waals surface area contributed by atoms with Gasteiger partial charge in [-0.25, -0.2) is 4.98 Å².